The third-order valence-corrected chi connectivity index (χ3v) is 3.90. The SMILES string of the molecule is CCCCN(C)c1ccc(C(=O)NCC(O)c2ccccn2)cc1. The second-order valence-corrected chi connectivity index (χ2v) is 5.80. The standard InChI is InChI=1S/C19H25N3O2/c1-3-4-13-22(2)16-10-8-15(9-11-16)19(24)21-14-18(23)17-7-5-6-12-20-17/h5-12,18,23H,3-4,13-14H2,1-2H3,(H,21,24). The van der Waals surface area contributed by atoms with Crippen LogP contribution in [0.1, 0.15) is 41.9 Å². The Morgan fingerprint density at radius 1 is 1.25 bits per heavy atom. The van der Waals surface area contributed by atoms with Crippen LogP contribution in [-0.2, 0) is 0 Å². The molecule has 1 heterocycles. The van der Waals surface area contributed by atoms with Crippen LogP contribution in [0, 0.1) is 0 Å². The van der Waals surface area contributed by atoms with Crippen molar-refractivity contribution in [3.05, 3.63) is 59.9 Å². The van der Waals surface area contributed by atoms with E-state index in [4.69, 9.17) is 0 Å². The Hall–Kier alpha value is -2.40. The van der Waals surface area contributed by atoms with E-state index in [0.29, 0.717) is 11.3 Å². The van der Waals surface area contributed by atoms with Gasteiger partial charge in [0.25, 0.3) is 5.91 Å². The zero-order valence-corrected chi connectivity index (χ0v) is 14.3. The van der Waals surface area contributed by atoms with Gasteiger partial charge < -0.3 is 15.3 Å². The predicted octanol–water partition coefficient (Wildman–Crippen LogP) is 2.78. The average Bonchev–Trinajstić information content (AvgIpc) is 2.64. The van der Waals surface area contributed by atoms with Crippen LogP contribution in [0.2, 0.25) is 0 Å². The van der Waals surface area contributed by atoms with Gasteiger partial charge in [-0.3, -0.25) is 9.78 Å². The van der Waals surface area contributed by atoms with Crippen LogP contribution in [0.25, 0.3) is 0 Å². The number of hydrogen-bond acceptors (Lipinski definition) is 4. The molecule has 128 valence electrons. The highest BCUT2D eigenvalue weighted by Crippen LogP contribution is 2.15. The molecule has 0 aliphatic heterocycles. The number of carbonyl (C=O) groups excluding carboxylic acids is 1. The van der Waals surface area contributed by atoms with E-state index in [0.717, 1.165) is 25.1 Å². The maximum absolute atomic E-state index is 12.2. The van der Waals surface area contributed by atoms with Crippen molar-refractivity contribution in [2.45, 2.75) is 25.9 Å². The van der Waals surface area contributed by atoms with Gasteiger partial charge in [0.2, 0.25) is 0 Å². The summed E-state index contributed by atoms with van der Waals surface area (Å²) in [5.41, 5.74) is 2.22. The third-order valence-electron chi connectivity index (χ3n) is 3.90. The van der Waals surface area contributed by atoms with E-state index in [1.165, 1.54) is 0 Å². The number of carbonyl (C=O) groups is 1. The van der Waals surface area contributed by atoms with Gasteiger partial charge in [0, 0.05) is 37.6 Å². The van der Waals surface area contributed by atoms with Crippen molar-refractivity contribution in [1.82, 2.24) is 10.3 Å². The normalized spacial score (nSPS) is 11.8. The first kappa shape index (κ1) is 17.9. The van der Waals surface area contributed by atoms with Crippen LogP contribution in [0.5, 0.6) is 0 Å². The van der Waals surface area contributed by atoms with E-state index in [1.54, 1.807) is 36.5 Å². The molecule has 1 aromatic heterocycles. The predicted molar refractivity (Wildman–Crippen MR) is 96.2 cm³/mol. The van der Waals surface area contributed by atoms with Gasteiger partial charge in [-0.2, -0.15) is 0 Å². The molecule has 0 saturated carbocycles. The minimum Gasteiger partial charge on any atom is -0.385 e. The van der Waals surface area contributed by atoms with Gasteiger partial charge in [0.1, 0.15) is 6.10 Å². The van der Waals surface area contributed by atoms with E-state index in [-0.39, 0.29) is 12.5 Å². The highest BCUT2D eigenvalue weighted by atomic mass is 16.3. The van der Waals surface area contributed by atoms with Crippen molar-refractivity contribution in [3.63, 3.8) is 0 Å². The molecule has 0 radical (unpaired) electrons. The number of hydrogen-bond donors (Lipinski definition) is 2. The van der Waals surface area contributed by atoms with Crippen LogP contribution < -0.4 is 10.2 Å². The first-order valence-corrected chi connectivity index (χ1v) is 8.30. The quantitative estimate of drug-likeness (QED) is 0.782. The van der Waals surface area contributed by atoms with Crippen LogP contribution in [-0.4, -0.2) is 36.1 Å². The lowest BCUT2D eigenvalue weighted by Crippen LogP contribution is -2.28. The van der Waals surface area contributed by atoms with Crippen molar-refractivity contribution in [3.8, 4) is 0 Å². The smallest absolute Gasteiger partial charge is 0.251 e. The molecule has 0 aliphatic carbocycles. The summed E-state index contributed by atoms with van der Waals surface area (Å²) in [7, 11) is 2.05. The van der Waals surface area contributed by atoms with Gasteiger partial charge in [-0.25, -0.2) is 0 Å². The Morgan fingerprint density at radius 2 is 2.00 bits per heavy atom. The third kappa shape index (κ3) is 5.06. The summed E-state index contributed by atoms with van der Waals surface area (Å²) < 4.78 is 0. The Labute approximate surface area is 143 Å². The number of amides is 1. The zero-order valence-electron chi connectivity index (χ0n) is 14.3. The highest BCUT2D eigenvalue weighted by molar-refractivity contribution is 5.94. The summed E-state index contributed by atoms with van der Waals surface area (Å²) in [4.78, 5) is 18.4. The first-order chi connectivity index (χ1) is 11.6. The second-order valence-electron chi connectivity index (χ2n) is 5.80. The number of nitrogens with zero attached hydrogens (tertiary/aromatic N) is 2. The van der Waals surface area contributed by atoms with Crippen molar-refractivity contribution in [2.24, 2.45) is 0 Å². The molecule has 1 unspecified atom stereocenters. The number of benzene rings is 1. The Balaban J connectivity index is 1.88. The van der Waals surface area contributed by atoms with Gasteiger partial charge in [0.05, 0.1) is 5.69 Å². The van der Waals surface area contributed by atoms with E-state index < -0.39 is 6.10 Å². The van der Waals surface area contributed by atoms with Gasteiger partial charge in [0.15, 0.2) is 0 Å². The summed E-state index contributed by atoms with van der Waals surface area (Å²) in [6.07, 6.45) is 3.11. The van der Waals surface area contributed by atoms with Crippen molar-refractivity contribution < 1.29 is 9.90 Å². The molecule has 5 nitrogen and oxygen atoms in total. The molecule has 0 bridgehead atoms. The summed E-state index contributed by atoms with van der Waals surface area (Å²) in [6, 6.07) is 12.8. The molecule has 1 amide bonds. The summed E-state index contributed by atoms with van der Waals surface area (Å²) in [5.74, 6) is -0.201. The maximum Gasteiger partial charge on any atom is 0.251 e. The molecule has 0 spiro atoms. The molecular formula is C19H25N3O2. The lowest BCUT2D eigenvalue weighted by atomic mass is 10.1. The van der Waals surface area contributed by atoms with Crippen LogP contribution >= 0.6 is 0 Å². The number of aliphatic hydroxyl groups excluding tert-OH is 1. The number of aliphatic hydroxyl groups is 1. The van der Waals surface area contributed by atoms with Gasteiger partial charge in [-0.15, -0.1) is 0 Å². The number of aromatic nitrogens is 1. The molecule has 5 heteroatoms. The molecule has 0 aliphatic rings. The minimum absolute atomic E-state index is 0.133. The summed E-state index contributed by atoms with van der Waals surface area (Å²) >= 11 is 0. The van der Waals surface area contributed by atoms with Crippen molar-refractivity contribution >= 4 is 11.6 Å². The number of rotatable bonds is 8. The van der Waals surface area contributed by atoms with Crippen molar-refractivity contribution in [2.75, 3.05) is 25.0 Å². The highest BCUT2D eigenvalue weighted by Gasteiger charge is 2.12. The van der Waals surface area contributed by atoms with E-state index in [9.17, 15) is 9.90 Å². The number of pyridine rings is 1. The van der Waals surface area contributed by atoms with E-state index >= 15 is 0 Å². The van der Waals surface area contributed by atoms with E-state index in [2.05, 4.69) is 22.1 Å². The fourth-order valence-electron chi connectivity index (χ4n) is 2.36. The summed E-state index contributed by atoms with van der Waals surface area (Å²) in [6.45, 7) is 3.30. The molecule has 2 rings (SSSR count). The number of anilines is 1. The van der Waals surface area contributed by atoms with Gasteiger partial charge in [-0.1, -0.05) is 19.4 Å². The average molecular weight is 327 g/mol. The van der Waals surface area contributed by atoms with Crippen LogP contribution in [0.3, 0.4) is 0 Å². The molecular weight excluding hydrogens is 302 g/mol. The molecule has 0 saturated heterocycles. The maximum atomic E-state index is 12.2. The fourth-order valence-corrected chi connectivity index (χ4v) is 2.36. The molecule has 2 aromatic rings. The Kier molecular flexibility index (Phi) is 6.75. The lowest BCUT2D eigenvalue weighted by molar-refractivity contribution is 0.0914. The Bertz CT molecular complexity index is 629. The molecule has 2 N–H and O–H groups in total. The minimum atomic E-state index is -0.811. The molecule has 0 fully saturated rings. The lowest BCUT2D eigenvalue weighted by Gasteiger charge is -2.19. The Morgan fingerprint density at radius 3 is 2.62 bits per heavy atom. The largest absolute Gasteiger partial charge is 0.385 e. The fraction of sp³-hybridized carbons (Fsp3) is 0.368. The molecule has 1 atom stereocenters. The van der Waals surface area contributed by atoms with Crippen LogP contribution in [0.4, 0.5) is 5.69 Å². The molecule has 24 heavy (non-hydrogen) atoms. The van der Waals surface area contributed by atoms with E-state index in [1.807, 2.05) is 19.2 Å². The zero-order chi connectivity index (χ0) is 17.4. The van der Waals surface area contributed by atoms with Gasteiger partial charge in [-0.05, 0) is 42.8 Å². The molecule has 1 aromatic carbocycles. The second kappa shape index (κ2) is 9.03. The van der Waals surface area contributed by atoms with Gasteiger partial charge >= 0.3 is 0 Å². The summed E-state index contributed by atoms with van der Waals surface area (Å²) in [5, 5.41) is 12.8. The first-order valence-electron chi connectivity index (χ1n) is 8.30. The van der Waals surface area contributed by atoms with Crippen LogP contribution in [0.15, 0.2) is 48.7 Å². The monoisotopic (exact) mass is 327 g/mol. The van der Waals surface area contributed by atoms with Crippen molar-refractivity contribution in [1.29, 1.82) is 0 Å². The number of unbranched alkanes of at least 4 members (excludes halogenated alkanes) is 1. The number of nitrogens with one attached hydrogen (secondary N) is 1. The topological polar surface area (TPSA) is 65.5 Å².